The zero-order valence-electron chi connectivity index (χ0n) is 11.9. The molecule has 0 aromatic heterocycles. The summed E-state index contributed by atoms with van der Waals surface area (Å²) in [4.78, 5) is 10.6. The van der Waals surface area contributed by atoms with Gasteiger partial charge in [-0.25, -0.2) is 0 Å². The summed E-state index contributed by atoms with van der Waals surface area (Å²) in [6.07, 6.45) is 1.66. The van der Waals surface area contributed by atoms with Crippen LogP contribution in [0.4, 0.5) is 17.1 Å². The van der Waals surface area contributed by atoms with Gasteiger partial charge in [-0.15, -0.1) is 0 Å². The molecule has 2 atom stereocenters. The lowest BCUT2D eigenvalue weighted by molar-refractivity contribution is 0.566. The van der Waals surface area contributed by atoms with Gasteiger partial charge in [-0.2, -0.15) is 5.26 Å². The maximum absolute atomic E-state index is 9.19. The lowest BCUT2D eigenvalue weighted by Gasteiger charge is -2.21. The molecule has 1 heterocycles. The summed E-state index contributed by atoms with van der Waals surface area (Å²) in [5, 5.41) is 9.19. The lowest BCUT2D eigenvalue weighted by Crippen LogP contribution is -2.28. The van der Waals surface area contributed by atoms with Crippen LogP contribution in [0.5, 0.6) is 0 Å². The molecule has 0 unspecified atom stereocenters. The third kappa shape index (κ3) is 2.43. The molecule has 1 fully saturated rings. The third-order valence-corrected chi connectivity index (χ3v) is 3.68. The zero-order valence-corrected chi connectivity index (χ0v) is 11.9. The highest BCUT2D eigenvalue weighted by Gasteiger charge is 2.29. The average Bonchev–Trinajstić information content (AvgIpc) is 2.78. The first-order valence-electron chi connectivity index (χ1n) is 6.65. The minimum absolute atomic E-state index is 0.154. The molecule has 0 bridgehead atoms. The number of anilines is 1. The van der Waals surface area contributed by atoms with Crippen LogP contribution in [0.1, 0.15) is 19.4 Å². The van der Waals surface area contributed by atoms with Crippen molar-refractivity contribution in [2.45, 2.75) is 19.9 Å². The molecule has 0 radical (unpaired) electrons. The minimum Gasteiger partial charge on any atom is -0.368 e. The first-order valence-corrected chi connectivity index (χ1v) is 6.65. The van der Waals surface area contributed by atoms with Gasteiger partial charge in [-0.1, -0.05) is 6.92 Å². The molecule has 0 aliphatic carbocycles. The van der Waals surface area contributed by atoms with Crippen LogP contribution in [0.3, 0.4) is 0 Å². The second-order valence-corrected chi connectivity index (χ2v) is 5.03. The molecule has 5 heteroatoms. The minimum atomic E-state index is 0.154. The molecule has 1 aromatic carbocycles. The van der Waals surface area contributed by atoms with E-state index in [1.807, 2.05) is 13.0 Å². The van der Waals surface area contributed by atoms with E-state index in [4.69, 9.17) is 5.73 Å². The van der Waals surface area contributed by atoms with Crippen LogP contribution in [0.15, 0.2) is 22.1 Å². The first-order chi connectivity index (χ1) is 9.62. The van der Waals surface area contributed by atoms with Crippen molar-refractivity contribution in [1.29, 1.82) is 5.26 Å². The van der Waals surface area contributed by atoms with E-state index in [9.17, 15) is 5.26 Å². The summed E-state index contributed by atoms with van der Waals surface area (Å²) in [5.41, 5.74) is 8.76. The van der Waals surface area contributed by atoms with E-state index in [0.717, 1.165) is 18.8 Å². The van der Waals surface area contributed by atoms with Crippen LogP contribution in [-0.4, -0.2) is 32.1 Å². The molecule has 1 saturated heterocycles. The molecule has 2 rings (SSSR count). The highest BCUT2D eigenvalue weighted by molar-refractivity contribution is 5.86. The Balaban J connectivity index is 2.52. The Morgan fingerprint density at radius 2 is 2.20 bits per heavy atom. The average molecular weight is 269 g/mol. The number of nitrogens with two attached hydrogens (primary N) is 1. The van der Waals surface area contributed by atoms with Gasteiger partial charge >= 0.3 is 0 Å². The molecule has 2 N–H and O–H groups in total. The van der Waals surface area contributed by atoms with Crippen molar-refractivity contribution in [3.05, 3.63) is 17.7 Å². The largest absolute Gasteiger partial charge is 0.368 e. The van der Waals surface area contributed by atoms with Crippen LogP contribution in [0.25, 0.3) is 0 Å². The molecule has 5 nitrogen and oxygen atoms in total. The molecule has 1 aliphatic rings. The van der Waals surface area contributed by atoms with E-state index in [-0.39, 0.29) is 6.04 Å². The monoisotopic (exact) mass is 269 g/mol. The zero-order chi connectivity index (χ0) is 14.7. The number of rotatable bonds is 3. The smallest absolute Gasteiger partial charge is 0.112 e. The van der Waals surface area contributed by atoms with Gasteiger partial charge in [0, 0.05) is 25.3 Å². The van der Waals surface area contributed by atoms with Gasteiger partial charge in [0.05, 0.1) is 11.3 Å². The molecule has 104 valence electrons. The lowest BCUT2D eigenvalue weighted by atomic mass is 10.1. The van der Waals surface area contributed by atoms with E-state index in [0.29, 0.717) is 22.9 Å². The highest BCUT2D eigenvalue weighted by Crippen LogP contribution is 2.41. The molecule has 1 aliphatic heterocycles. The van der Waals surface area contributed by atoms with Crippen molar-refractivity contribution in [3.63, 3.8) is 0 Å². The fraction of sp³-hybridized carbons (Fsp3) is 0.400. The van der Waals surface area contributed by atoms with Crippen LogP contribution >= 0.6 is 0 Å². The summed E-state index contributed by atoms with van der Waals surface area (Å²) in [5.74, 6) is 0.432. The van der Waals surface area contributed by atoms with E-state index in [1.165, 1.54) is 0 Å². The second-order valence-electron chi connectivity index (χ2n) is 5.03. The van der Waals surface area contributed by atoms with E-state index >= 15 is 0 Å². The quantitative estimate of drug-likeness (QED) is 0.856. The number of aliphatic imine (C=N–C) groups is 2. The number of nitriles is 1. The number of hydrogen-bond donors (Lipinski definition) is 1. The van der Waals surface area contributed by atoms with Gasteiger partial charge in [0.2, 0.25) is 0 Å². The molecule has 0 amide bonds. The van der Waals surface area contributed by atoms with Crippen LogP contribution < -0.4 is 10.6 Å². The van der Waals surface area contributed by atoms with Crippen molar-refractivity contribution in [2.24, 2.45) is 21.6 Å². The summed E-state index contributed by atoms with van der Waals surface area (Å²) in [6.45, 7) is 9.24. The normalized spacial score (nSPS) is 22.2. The second kappa shape index (κ2) is 5.85. The van der Waals surface area contributed by atoms with Gasteiger partial charge in [0.15, 0.2) is 0 Å². The summed E-state index contributed by atoms with van der Waals surface area (Å²) >= 11 is 0. The number of nitrogens with zero attached hydrogens (tertiary/aromatic N) is 4. The fourth-order valence-electron chi connectivity index (χ4n) is 2.52. The maximum atomic E-state index is 9.19. The van der Waals surface area contributed by atoms with Gasteiger partial charge in [0.1, 0.15) is 17.4 Å². The summed E-state index contributed by atoms with van der Waals surface area (Å²) in [6, 6.07) is 5.98. The fourth-order valence-corrected chi connectivity index (χ4v) is 2.52. The van der Waals surface area contributed by atoms with Crippen LogP contribution in [0, 0.1) is 17.2 Å². The van der Waals surface area contributed by atoms with E-state index in [2.05, 4.69) is 34.6 Å². The SMILES string of the molecule is C=Nc1c(N2C[C@@H](C)[C@@H](N)C2)ccc(C#N)c1/N=C\C. The van der Waals surface area contributed by atoms with Crippen molar-refractivity contribution in [1.82, 2.24) is 0 Å². The van der Waals surface area contributed by atoms with E-state index in [1.54, 1.807) is 12.3 Å². The number of benzene rings is 1. The maximum Gasteiger partial charge on any atom is 0.112 e. The third-order valence-electron chi connectivity index (χ3n) is 3.68. The topological polar surface area (TPSA) is 77.8 Å². The molecule has 0 saturated carbocycles. The first kappa shape index (κ1) is 14.2. The summed E-state index contributed by atoms with van der Waals surface area (Å²) in [7, 11) is 0. The van der Waals surface area contributed by atoms with Crippen molar-refractivity contribution >= 4 is 30.0 Å². The molecule has 0 spiro atoms. The Hall–Kier alpha value is -2.19. The Kier molecular flexibility index (Phi) is 4.16. The predicted octanol–water partition coefficient (Wildman–Crippen LogP) is 2.40. The molecular formula is C15H19N5. The van der Waals surface area contributed by atoms with Crippen molar-refractivity contribution in [3.8, 4) is 6.07 Å². The Bertz CT molecular complexity index is 575. The number of hydrogen-bond acceptors (Lipinski definition) is 5. The summed E-state index contributed by atoms with van der Waals surface area (Å²) < 4.78 is 0. The molecule has 1 aromatic rings. The predicted molar refractivity (Wildman–Crippen MR) is 83.5 cm³/mol. The van der Waals surface area contributed by atoms with Crippen molar-refractivity contribution in [2.75, 3.05) is 18.0 Å². The van der Waals surface area contributed by atoms with Crippen LogP contribution in [0.2, 0.25) is 0 Å². The Labute approximate surface area is 119 Å². The van der Waals surface area contributed by atoms with Gasteiger partial charge in [0.25, 0.3) is 0 Å². The van der Waals surface area contributed by atoms with Crippen LogP contribution in [-0.2, 0) is 0 Å². The van der Waals surface area contributed by atoms with Gasteiger partial charge in [-0.05, 0) is 31.7 Å². The van der Waals surface area contributed by atoms with Gasteiger partial charge < -0.3 is 10.6 Å². The highest BCUT2D eigenvalue weighted by atomic mass is 15.2. The Morgan fingerprint density at radius 3 is 2.70 bits per heavy atom. The molecular weight excluding hydrogens is 250 g/mol. The Morgan fingerprint density at radius 1 is 1.45 bits per heavy atom. The van der Waals surface area contributed by atoms with E-state index < -0.39 is 0 Å². The van der Waals surface area contributed by atoms with Gasteiger partial charge in [-0.3, -0.25) is 9.98 Å². The molecule has 20 heavy (non-hydrogen) atoms. The van der Waals surface area contributed by atoms with Crippen molar-refractivity contribution < 1.29 is 0 Å². The standard InChI is InChI=1S/C15H19N5/c1-4-19-14-11(7-16)5-6-13(15(14)18-3)20-8-10(2)12(17)9-20/h4-6,10,12H,3,8-9,17H2,1-2H3/b19-4-/t10-,12+/m1/s1.